The van der Waals surface area contributed by atoms with Crippen LogP contribution in [0.5, 0.6) is 5.75 Å². The molecule has 1 atom stereocenters. The lowest BCUT2D eigenvalue weighted by Gasteiger charge is -2.32. The van der Waals surface area contributed by atoms with E-state index in [9.17, 15) is 18.0 Å². The monoisotopic (exact) mass is 551 g/mol. The number of benzene rings is 3. The van der Waals surface area contributed by atoms with Crippen LogP contribution in [0.25, 0.3) is 0 Å². The third-order valence-corrected chi connectivity index (χ3v) is 8.08. The zero-order valence-corrected chi connectivity index (χ0v) is 24.2. The summed E-state index contributed by atoms with van der Waals surface area (Å²) in [6.45, 7) is 8.70. The molecule has 0 heterocycles. The Bertz CT molecular complexity index is 1390. The second-order valence-corrected chi connectivity index (χ2v) is 11.7. The summed E-state index contributed by atoms with van der Waals surface area (Å²) < 4.78 is 34.1. The van der Waals surface area contributed by atoms with Gasteiger partial charge in [0, 0.05) is 12.6 Å². The van der Waals surface area contributed by atoms with Crippen LogP contribution in [-0.4, -0.2) is 50.9 Å². The Balaban J connectivity index is 2.03. The van der Waals surface area contributed by atoms with Gasteiger partial charge in [0.1, 0.15) is 18.3 Å². The summed E-state index contributed by atoms with van der Waals surface area (Å²) in [7, 11) is -2.54. The molecule has 3 aromatic carbocycles. The standard InChI is InChI=1S/C30H37N3O5S/c1-21(2)31-30(35)24(5)32(19-25-8-7-9-27(18-25)38-6)29(34)20-33(26-14-10-22(3)11-15-26)39(36,37)28-16-12-23(4)13-17-28/h7-18,21,24H,19-20H2,1-6H3,(H,31,35)/t24-/m1/s1. The highest BCUT2D eigenvalue weighted by molar-refractivity contribution is 7.92. The van der Waals surface area contributed by atoms with E-state index in [2.05, 4.69) is 5.32 Å². The van der Waals surface area contributed by atoms with Gasteiger partial charge in [0.05, 0.1) is 17.7 Å². The van der Waals surface area contributed by atoms with E-state index in [4.69, 9.17) is 4.74 Å². The van der Waals surface area contributed by atoms with E-state index in [1.165, 1.54) is 17.0 Å². The van der Waals surface area contributed by atoms with Crippen molar-refractivity contribution in [2.24, 2.45) is 0 Å². The molecule has 0 bridgehead atoms. The van der Waals surface area contributed by atoms with Crippen LogP contribution >= 0.6 is 0 Å². The van der Waals surface area contributed by atoms with Crippen molar-refractivity contribution >= 4 is 27.5 Å². The molecule has 39 heavy (non-hydrogen) atoms. The number of nitrogens with zero attached hydrogens (tertiary/aromatic N) is 2. The fraction of sp³-hybridized carbons (Fsp3) is 0.333. The number of aryl methyl sites for hydroxylation is 2. The molecule has 0 spiro atoms. The highest BCUT2D eigenvalue weighted by atomic mass is 32.2. The number of ether oxygens (including phenoxy) is 1. The minimum absolute atomic E-state index is 0.0754. The van der Waals surface area contributed by atoms with Crippen molar-refractivity contribution in [2.75, 3.05) is 18.0 Å². The third-order valence-electron chi connectivity index (χ3n) is 6.30. The first-order chi connectivity index (χ1) is 18.4. The number of rotatable bonds is 11. The van der Waals surface area contributed by atoms with Crippen LogP contribution in [0, 0.1) is 13.8 Å². The number of carbonyl (C=O) groups excluding carboxylic acids is 2. The van der Waals surface area contributed by atoms with Crippen molar-refractivity contribution in [3.63, 3.8) is 0 Å². The Morgan fingerprint density at radius 1 is 0.897 bits per heavy atom. The number of hydrogen-bond donors (Lipinski definition) is 1. The fourth-order valence-corrected chi connectivity index (χ4v) is 5.45. The molecule has 3 rings (SSSR count). The Hall–Kier alpha value is -3.85. The molecule has 3 aromatic rings. The predicted octanol–water partition coefficient (Wildman–Crippen LogP) is 4.45. The van der Waals surface area contributed by atoms with Crippen LogP contribution in [0.15, 0.2) is 77.7 Å². The molecule has 0 aliphatic heterocycles. The van der Waals surface area contributed by atoms with Crippen LogP contribution in [0.1, 0.15) is 37.5 Å². The summed E-state index contributed by atoms with van der Waals surface area (Å²) >= 11 is 0. The van der Waals surface area contributed by atoms with Crippen molar-refractivity contribution in [1.82, 2.24) is 10.2 Å². The van der Waals surface area contributed by atoms with Gasteiger partial charge in [-0.3, -0.25) is 13.9 Å². The maximum atomic E-state index is 13.9. The average Bonchev–Trinajstić information content (AvgIpc) is 2.90. The number of sulfonamides is 1. The molecule has 0 unspecified atom stereocenters. The summed E-state index contributed by atoms with van der Waals surface area (Å²) in [5.74, 6) is -0.229. The molecule has 0 aromatic heterocycles. The van der Waals surface area contributed by atoms with Crippen LogP contribution in [0.4, 0.5) is 5.69 Å². The largest absolute Gasteiger partial charge is 0.497 e. The Morgan fingerprint density at radius 2 is 1.49 bits per heavy atom. The average molecular weight is 552 g/mol. The maximum absolute atomic E-state index is 13.9. The molecule has 2 amide bonds. The Kier molecular flexibility index (Phi) is 9.75. The minimum atomic E-state index is -4.10. The van der Waals surface area contributed by atoms with Gasteiger partial charge < -0.3 is 15.0 Å². The number of hydrogen-bond acceptors (Lipinski definition) is 5. The molecule has 0 fully saturated rings. The first kappa shape index (κ1) is 29.7. The summed E-state index contributed by atoms with van der Waals surface area (Å²) in [6.07, 6.45) is 0. The molecule has 208 valence electrons. The summed E-state index contributed by atoms with van der Waals surface area (Å²) in [5, 5.41) is 2.85. The number of nitrogens with one attached hydrogen (secondary N) is 1. The molecule has 0 aliphatic carbocycles. The number of anilines is 1. The normalized spacial score (nSPS) is 12.1. The summed E-state index contributed by atoms with van der Waals surface area (Å²) in [4.78, 5) is 28.4. The molecule has 0 saturated heterocycles. The highest BCUT2D eigenvalue weighted by Gasteiger charge is 2.32. The SMILES string of the molecule is COc1cccc(CN(C(=O)CN(c2ccc(C)cc2)S(=O)(=O)c2ccc(C)cc2)[C@H](C)C(=O)NC(C)C)c1. The van der Waals surface area contributed by atoms with Crippen molar-refractivity contribution in [3.8, 4) is 5.75 Å². The highest BCUT2D eigenvalue weighted by Crippen LogP contribution is 2.25. The van der Waals surface area contributed by atoms with Crippen LogP contribution in [0.3, 0.4) is 0 Å². The molecule has 0 radical (unpaired) electrons. The van der Waals surface area contributed by atoms with Crippen LogP contribution in [0.2, 0.25) is 0 Å². The first-order valence-corrected chi connectivity index (χ1v) is 14.2. The minimum Gasteiger partial charge on any atom is -0.497 e. The molecule has 0 saturated carbocycles. The zero-order valence-electron chi connectivity index (χ0n) is 23.3. The fourth-order valence-electron chi connectivity index (χ4n) is 4.03. The van der Waals surface area contributed by atoms with Gasteiger partial charge >= 0.3 is 0 Å². The number of carbonyl (C=O) groups is 2. The Labute approximate surface area is 231 Å². The van der Waals surface area contributed by atoms with Crippen LogP contribution in [-0.2, 0) is 26.2 Å². The number of methoxy groups -OCH3 is 1. The lowest BCUT2D eigenvalue weighted by atomic mass is 10.1. The lowest BCUT2D eigenvalue weighted by Crippen LogP contribution is -2.52. The van der Waals surface area contributed by atoms with Gasteiger partial charge in [0.15, 0.2) is 0 Å². The van der Waals surface area contributed by atoms with Crippen molar-refractivity contribution < 1.29 is 22.7 Å². The topological polar surface area (TPSA) is 96.0 Å². The number of amides is 2. The molecule has 8 nitrogen and oxygen atoms in total. The van der Waals surface area contributed by atoms with E-state index in [1.54, 1.807) is 68.6 Å². The van der Waals surface area contributed by atoms with E-state index in [-0.39, 0.29) is 23.4 Å². The van der Waals surface area contributed by atoms with Gasteiger partial charge in [-0.05, 0) is 76.6 Å². The van der Waals surface area contributed by atoms with Gasteiger partial charge in [-0.1, -0.05) is 47.5 Å². The second-order valence-electron chi connectivity index (χ2n) is 9.87. The van der Waals surface area contributed by atoms with E-state index in [0.717, 1.165) is 21.0 Å². The van der Waals surface area contributed by atoms with E-state index in [1.807, 2.05) is 33.8 Å². The Morgan fingerprint density at radius 3 is 2.05 bits per heavy atom. The first-order valence-electron chi connectivity index (χ1n) is 12.8. The molecular weight excluding hydrogens is 514 g/mol. The van der Waals surface area contributed by atoms with E-state index < -0.39 is 28.5 Å². The molecule has 0 aliphatic rings. The predicted molar refractivity (Wildman–Crippen MR) is 153 cm³/mol. The quantitative estimate of drug-likeness (QED) is 0.380. The van der Waals surface area contributed by atoms with Crippen molar-refractivity contribution in [2.45, 2.75) is 58.1 Å². The van der Waals surface area contributed by atoms with Gasteiger partial charge in [-0.2, -0.15) is 0 Å². The van der Waals surface area contributed by atoms with Gasteiger partial charge in [-0.15, -0.1) is 0 Å². The van der Waals surface area contributed by atoms with Crippen molar-refractivity contribution in [3.05, 3.63) is 89.5 Å². The van der Waals surface area contributed by atoms with Gasteiger partial charge in [0.25, 0.3) is 10.0 Å². The second kappa shape index (κ2) is 12.8. The van der Waals surface area contributed by atoms with Crippen molar-refractivity contribution in [1.29, 1.82) is 0 Å². The van der Waals surface area contributed by atoms with E-state index >= 15 is 0 Å². The zero-order chi connectivity index (χ0) is 28.7. The van der Waals surface area contributed by atoms with Gasteiger partial charge in [0.2, 0.25) is 11.8 Å². The van der Waals surface area contributed by atoms with E-state index in [0.29, 0.717) is 11.4 Å². The summed E-state index contributed by atoms with van der Waals surface area (Å²) in [5.41, 5.74) is 2.98. The third kappa shape index (κ3) is 7.60. The maximum Gasteiger partial charge on any atom is 0.264 e. The molecule has 1 N–H and O–H groups in total. The molecule has 9 heteroatoms. The molecular formula is C30H37N3O5S. The summed E-state index contributed by atoms with van der Waals surface area (Å²) in [6, 6.07) is 19.7. The lowest BCUT2D eigenvalue weighted by molar-refractivity contribution is -0.139. The van der Waals surface area contributed by atoms with Gasteiger partial charge in [-0.25, -0.2) is 8.42 Å². The smallest absolute Gasteiger partial charge is 0.264 e. The van der Waals surface area contributed by atoms with Crippen LogP contribution < -0.4 is 14.4 Å².